The van der Waals surface area contributed by atoms with Crippen LogP contribution in [-0.2, 0) is 11.3 Å². The number of hydrogen-bond donors (Lipinski definition) is 1. The second kappa shape index (κ2) is 6.84. The topological polar surface area (TPSA) is 38.3 Å². The van der Waals surface area contributed by atoms with Gasteiger partial charge < -0.3 is 10.1 Å². The summed E-state index contributed by atoms with van der Waals surface area (Å²) in [5.41, 5.74) is 0.971. The van der Waals surface area contributed by atoms with Crippen LogP contribution in [0.2, 0.25) is 0 Å². The molecular weight excluding hydrogens is 257 g/mol. The van der Waals surface area contributed by atoms with E-state index in [0.717, 1.165) is 12.1 Å². The second-order valence-electron chi connectivity index (χ2n) is 6.05. The lowest BCUT2D eigenvalue weighted by Gasteiger charge is -2.29. The van der Waals surface area contributed by atoms with Gasteiger partial charge in [0.1, 0.15) is 5.82 Å². The van der Waals surface area contributed by atoms with E-state index in [4.69, 9.17) is 0 Å². The predicted octanol–water partition coefficient (Wildman–Crippen LogP) is 3.38. The van der Waals surface area contributed by atoms with Crippen LogP contribution in [0.25, 0.3) is 0 Å². The summed E-state index contributed by atoms with van der Waals surface area (Å²) in [6, 6.07) is 4.58. The Morgan fingerprint density at radius 3 is 2.55 bits per heavy atom. The number of benzene rings is 1. The number of hydrogen-bond acceptors (Lipinski definition) is 3. The quantitative estimate of drug-likeness (QED) is 0.812. The van der Waals surface area contributed by atoms with E-state index in [1.807, 2.05) is 0 Å². The minimum absolute atomic E-state index is 0.0289. The third kappa shape index (κ3) is 4.30. The number of methoxy groups -OCH3 is 1. The van der Waals surface area contributed by atoms with E-state index < -0.39 is 11.8 Å². The average molecular weight is 281 g/mol. The van der Waals surface area contributed by atoms with Crippen molar-refractivity contribution < 1.29 is 13.9 Å². The first-order valence-corrected chi connectivity index (χ1v) is 6.85. The van der Waals surface area contributed by atoms with Gasteiger partial charge in [0, 0.05) is 13.1 Å². The normalized spacial score (nSPS) is 11.8. The van der Waals surface area contributed by atoms with Gasteiger partial charge in [0.25, 0.3) is 0 Å². The van der Waals surface area contributed by atoms with Crippen molar-refractivity contribution in [2.45, 2.75) is 34.2 Å². The molecule has 0 unspecified atom stereocenters. The number of nitrogens with one attached hydrogen (secondary N) is 1. The van der Waals surface area contributed by atoms with Gasteiger partial charge in [-0.15, -0.1) is 0 Å². The third-order valence-electron chi connectivity index (χ3n) is 3.91. The second-order valence-corrected chi connectivity index (χ2v) is 6.05. The Kier molecular flexibility index (Phi) is 5.69. The molecule has 1 aromatic carbocycles. The van der Waals surface area contributed by atoms with Crippen LogP contribution in [0.1, 0.15) is 43.6 Å². The van der Waals surface area contributed by atoms with Crippen LogP contribution in [-0.4, -0.2) is 19.6 Å². The minimum Gasteiger partial charge on any atom is -0.465 e. The van der Waals surface area contributed by atoms with Crippen LogP contribution >= 0.6 is 0 Å². The Labute approximate surface area is 120 Å². The molecule has 0 heterocycles. The van der Waals surface area contributed by atoms with E-state index in [0.29, 0.717) is 12.5 Å². The Balaban J connectivity index is 2.62. The van der Waals surface area contributed by atoms with Crippen LogP contribution in [0.4, 0.5) is 4.39 Å². The predicted molar refractivity (Wildman–Crippen MR) is 78.1 cm³/mol. The van der Waals surface area contributed by atoms with Crippen molar-refractivity contribution >= 4 is 5.97 Å². The van der Waals surface area contributed by atoms with Crippen LogP contribution in [0.3, 0.4) is 0 Å². The highest BCUT2D eigenvalue weighted by molar-refractivity contribution is 5.89. The average Bonchev–Trinajstić information content (AvgIpc) is 2.37. The van der Waals surface area contributed by atoms with Gasteiger partial charge in [0.15, 0.2) is 0 Å². The van der Waals surface area contributed by atoms with E-state index in [2.05, 4.69) is 37.7 Å². The summed E-state index contributed by atoms with van der Waals surface area (Å²) in [7, 11) is 1.24. The lowest BCUT2D eigenvalue weighted by Crippen LogP contribution is -2.33. The van der Waals surface area contributed by atoms with E-state index in [1.165, 1.54) is 19.2 Å². The fourth-order valence-corrected chi connectivity index (χ4v) is 1.68. The van der Waals surface area contributed by atoms with Crippen molar-refractivity contribution in [1.82, 2.24) is 5.32 Å². The van der Waals surface area contributed by atoms with Gasteiger partial charge in [-0.1, -0.05) is 33.8 Å². The van der Waals surface area contributed by atoms with Crippen molar-refractivity contribution in [2.24, 2.45) is 11.3 Å². The largest absolute Gasteiger partial charge is 0.465 e. The van der Waals surface area contributed by atoms with Gasteiger partial charge in [0.2, 0.25) is 0 Å². The Morgan fingerprint density at radius 2 is 2.05 bits per heavy atom. The first-order valence-electron chi connectivity index (χ1n) is 6.85. The molecule has 1 rings (SSSR count). The monoisotopic (exact) mass is 281 g/mol. The van der Waals surface area contributed by atoms with Gasteiger partial charge >= 0.3 is 5.97 Å². The Hall–Kier alpha value is -1.42. The van der Waals surface area contributed by atoms with Gasteiger partial charge in [0.05, 0.1) is 12.7 Å². The molecule has 0 aliphatic carbocycles. The highest BCUT2D eigenvalue weighted by Gasteiger charge is 2.21. The molecule has 1 N–H and O–H groups in total. The zero-order chi connectivity index (χ0) is 15.3. The first-order chi connectivity index (χ1) is 9.27. The van der Waals surface area contributed by atoms with Crippen LogP contribution < -0.4 is 5.32 Å². The molecule has 0 aliphatic heterocycles. The minimum atomic E-state index is -0.650. The first kappa shape index (κ1) is 16.6. The van der Waals surface area contributed by atoms with Gasteiger partial charge in [-0.25, -0.2) is 9.18 Å². The summed E-state index contributed by atoms with van der Waals surface area (Å²) in [5.74, 6) is -0.629. The maximum atomic E-state index is 13.7. The number of rotatable bonds is 6. The molecule has 0 radical (unpaired) electrons. The molecule has 0 atom stereocenters. The number of ether oxygens (including phenoxy) is 1. The van der Waals surface area contributed by atoms with Crippen molar-refractivity contribution in [1.29, 1.82) is 0 Å². The third-order valence-corrected chi connectivity index (χ3v) is 3.91. The summed E-state index contributed by atoms with van der Waals surface area (Å²) in [6.45, 7) is 10.2. The fourth-order valence-electron chi connectivity index (χ4n) is 1.68. The number of halogens is 1. The summed E-state index contributed by atoms with van der Waals surface area (Å²) >= 11 is 0. The maximum absolute atomic E-state index is 13.7. The standard InChI is InChI=1S/C16H24FNO2/c1-11(2)16(3,4)10-18-9-12-6-7-13(14(17)8-12)15(19)20-5/h6-8,11,18H,9-10H2,1-5H3. The molecule has 0 aliphatic rings. The number of carbonyl (C=O) groups is 1. The summed E-state index contributed by atoms with van der Waals surface area (Å²) < 4.78 is 18.3. The summed E-state index contributed by atoms with van der Waals surface area (Å²) in [6.07, 6.45) is 0. The van der Waals surface area contributed by atoms with E-state index in [1.54, 1.807) is 6.07 Å². The lowest BCUT2D eigenvalue weighted by atomic mass is 9.81. The molecule has 3 nitrogen and oxygen atoms in total. The molecule has 0 saturated heterocycles. The lowest BCUT2D eigenvalue weighted by molar-refractivity contribution is 0.0595. The smallest absolute Gasteiger partial charge is 0.340 e. The zero-order valence-electron chi connectivity index (χ0n) is 12.9. The van der Waals surface area contributed by atoms with E-state index in [-0.39, 0.29) is 11.0 Å². The SMILES string of the molecule is COC(=O)c1ccc(CNCC(C)(C)C(C)C)cc1F. The van der Waals surface area contributed by atoms with Gasteiger partial charge in [-0.3, -0.25) is 0 Å². The van der Waals surface area contributed by atoms with E-state index in [9.17, 15) is 9.18 Å². The molecule has 0 bridgehead atoms. The molecule has 0 amide bonds. The molecule has 0 fully saturated rings. The van der Waals surface area contributed by atoms with Crippen molar-refractivity contribution in [3.05, 3.63) is 35.1 Å². The van der Waals surface area contributed by atoms with Gasteiger partial charge in [-0.05, 0) is 29.0 Å². The highest BCUT2D eigenvalue weighted by atomic mass is 19.1. The van der Waals surface area contributed by atoms with Crippen LogP contribution in [0.15, 0.2) is 18.2 Å². The molecule has 0 saturated carbocycles. The van der Waals surface area contributed by atoms with Gasteiger partial charge in [-0.2, -0.15) is 0 Å². The molecule has 112 valence electrons. The molecular formula is C16H24FNO2. The van der Waals surface area contributed by atoms with E-state index >= 15 is 0 Å². The highest BCUT2D eigenvalue weighted by Crippen LogP contribution is 2.24. The number of esters is 1. The van der Waals surface area contributed by atoms with Crippen LogP contribution in [0, 0.1) is 17.2 Å². The molecule has 0 aromatic heterocycles. The Bertz CT molecular complexity index is 470. The molecule has 1 aromatic rings. The molecule has 0 spiro atoms. The van der Waals surface area contributed by atoms with Crippen LogP contribution in [0.5, 0.6) is 0 Å². The number of carbonyl (C=O) groups excluding carboxylic acids is 1. The molecule has 20 heavy (non-hydrogen) atoms. The summed E-state index contributed by atoms with van der Waals surface area (Å²) in [4.78, 5) is 11.3. The molecule has 4 heteroatoms. The fraction of sp³-hybridized carbons (Fsp3) is 0.562. The zero-order valence-corrected chi connectivity index (χ0v) is 12.9. The van der Waals surface area contributed by atoms with Crippen molar-refractivity contribution in [3.63, 3.8) is 0 Å². The maximum Gasteiger partial charge on any atom is 0.340 e. The Morgan fingerprint density at radius 1 is 1.40 bits per heavy atom. The van der Waals surface area contributed by atoms with Crippen molar-refractivity contribution in [3.8, 4) is 0 Å². The van der Waals surface area contributed by atoms with Crippen molar-refractivity contribution in [2.75, 3.05) is 13.7 Å². The summed E-state index contributed by atoms with van der Waals surface area (Å²) in [5, 5.41) is 3.33.